The smallest absolute Gasteiger partial charge is 0.313 e. The van der Waals surface area contributed by atoms with Crippen LogP contribution in [0.1, 0.15) is 12.0 Å². The lowest BCUT2D eigenvalue weighted by Crippen LogP contribution is -2.52. The van der Waals surface area contributed by atoms with Gasteiger partial charge in [-0.1, -0.05) is 18.2 Å². The molecule has 1 aliphatic rings. The van der Waals surface area contributed by atoms with E-state index in [2.05, 4.69) is 9.97 Å². The number of nitrogens with two attached hydrogens (primary N) is 1. The number of nitrogens with zero attached hydrogens (tertiary/aromatic N) is 3. The highest BCUT2D eigenvalue weighted by molar-refractivity contribution is 5.94. The number of benzene rings is 1. The first-order valence-electron chi connectivity index (χ1n) is 8.34. The zero-order valence-electron chi connectivity index (χ0n) is 14.8. The molecular formula is C18H20FN5O3. The van der Waals surface area contributed by atoms with Gasteiger partial charge in [0.15, 0.2) is 0 Å². The summed E-state index contributed by atoms with van der Waals surface area (Å²) in [5, 5.41) is 7.06. The van der Waals surface area contributed by atoms with Crippen LogP contribution >= 0.6 is 0 Å². The van der Waals surface area contributed by atoms with E-state index in [1.54, 1.807) is 31.6 Å². The molecule has 2 heterocycles. The molecule has 142 valence electrons. The summed E-state index contributed by atoms with van der Waals surface area (Å²) < 4.78 is 24.9. The molecule has 9 heteroatoms. The highest BCUT2D eigenvalue weighted by atomic mass is 19.1. The van der Waals surface area contributed by atoms with E-state index in [1.165, 1.54) is 6.07 Å². The van der Waals surface area contributed by atoms with Crippen molar-refractivity contribution in [1.82, 2.24) is 9.97 Å². The quantitative estimate of drug-likeness (QED) is 0.429. The van der Waals surface area contributed by atoms with Crippen LogP contribution < -0.4 is 10.6 Å². The molecule has 1 fully saturated rings. The molecule has 2 aromatic rings. The van der Waals surface area contributed by atoms with E-state index in [1.807, 2.05) is 4.90 Å². The Hall–Kier alpha value is -3.07. The molecule has 3 N–H and O–H groups in total. The molecule has 0 aliphatic carbocycles. The fourth-order valence-corrected chi connectivity index (χ4v) is 2.65. The van der Waals surface area contributed by atoms with Crippen LogP contribution in [0.15, 0.2) is 30.6 Å². The van der Waals surface area contributed by atoms with Crippen LogP contribution in [0.3, 0.4) is 0 Å². The molecule has 0 bridgehead atoms. The van der Waals surface area contributed by atoms with Gasteiger partial charge in [0.05, 0.1) is 6.10 Å². The fraction of sp³-hybridized carbons (Fsp3) is 0.333. The summed E-state index contributed by atoms with van der Waals surface area (Å²) >= 11 is 0. The monoisotopic (exact) mass is 373 g/mol. The zero-order chi connectivity index (χ0) is 19.4. The number of hydrogen-bond acceptors (Lipinski definition) is 7. The minimum absolute atomic E-state index is 0.188. The fourth-order valence-electron chi connectivity index (χ4n) is 2.65. The minimum atomic E-state index is -0.677. The Morgan fingerprint density at radius 2 is 2.07 bits per heavy atom. The number of anilines is 1. The molecule has 27 heavy (non-hydrogen) atoms. The van der Waals surface area contributed by atoms with Gasteiger partial charge in [0.2, 0.25) is 5.95 Å². The number of halogens is 1. The first kappa shape index (κ1) is 18.7. The molecule has 3 rings (SSSR count). The van der Waals surface area contributed by atoms with Gasteiger partial charge in [-0.25, -0.2) is 14.4 Å². The number of methoxy groups -OCH3 is 1. The summed E-state index contributed by atoms with van der Waals surface area (Å²) in [5.74, 6) is -0.913. The molecule has 1 aromatic carbocycles. The number of ether oxygens (including phenoxy) is 2. The van der Waals surface area contributed by atoms with Crippen molar-refractivity contribution >= 4 is 17.8 Å². The summed E-state index contributed by atoms with van der Waals surface area (Å²) in [6.07, 6.45) is 2.99. The molecule has 1 aliphatic heterocycles. The summed E-state index contributed by atoms with van der Waals surface area (Å²) in [4.78, 5) is 22.0. The van der Waals surface area contributed by atoms with E-state index in [-0.39, 0.29) is 30.5 Å². The van der Waals surface area contributed by atoms with E-state index in [4.69, 9.17) is 20.6 Å². The van der Waals surface area contributed by atoms with Crippen LogP contribution in [-0.2, 0) is 20.9 Å². The van der Waals surface area contributed by atoms with Crippen molar-refractivity contribution in [2.45, 2.75) is 19.1 Å². The Balaban J connectivity index is 1.70. The van der Waals surface area contributed by atoms with Crippen molar-refractivity contribution in [1.29, 1.82) is 5.41 Å². The van der Waals surface area contributed by atoms with Crippen LogP contribution in [-0.4, -0.2) is 48.1 Å². The Morgan fingerprint density at radius 3 is 2.70 bits per heavy atom. The van der Waals surface area contributed by atoms with Crippen LogP contribution in [0.25, 0.3) is 11.1 Å². The number of hydrogen-bond donors (Lipinski definition) is 2. The summed E-state index contributed by atoms with van der Waals surface area (Å²) in [6.45, 7) is 1.22. The first-order chi connectivity index (χ1) is 13.0. The Bertz CT molecular complexity index is 837. The van der Waals surface area contributed by atoms with Gasteiger partial charge in [0.1, 0.15) is 24.7 Å². The Kier molecular flexibility index (Phi) is 5.60. The molecule has 0 saturated carbocycles. The lowest BCUT2D eigenvalue weighted by molar-refractivity contribution is -0.143. The molecule has 0 amide bonds. The Morgan fingerprint density at radius 1 is 1.37 bits per heavy atom. The maximum atomic E-state index is 14.8. The van der Waals surface area contributed by atoms with Gasteiger partial charge in [0.25, 0.3) is 0 Å². The van der Waals surface area contributed by atoms with Gasteiger partial charge < -0.3 is 20.1 Å². The van der Waals surface area contributed by atoms with Crippen molar-refractivity contribution in [2.75, 3.05) is 25.1 Å². The third kappa shape index (κ3) is 4.37. The van der Waals surface area contributed by atoms with Crippen LogP contribution in [0.2, 0.25) is 0 Å². The van der Waals surface area contributed by atoms with E-state index >= 15 is 0 Å². The highest BCUT2D eigenvalue weighted by Gasteiger charge is 2.28. The van der Waals surface area contributed by atoms with Gasteiger partial charge in [-0.3, -0.25) is 10.2 Å². The number of amidine groups is 1. The Labute approximate surface area is 155 Å². The van der Waals surface area contributed by atoms with Crippen LogP contribution in [0.5, 0.6) is 0 Å². The SMILES string of the molecule is COC1CN(c2ncc(-c3cccc(COC(=O)CC(=N)N)c3F)cn2)C1. The first-order valence-corrected chi connectivity index (χ1v) is 8.34. The average molecular weight is 373 g/mol. The topological polar surface area (TPSA) is 114 Å². The second kappa shape index (κ2) is 8.09. The maximum absolute atomic E-state index is 14.8. The largest absolute Gasteiger partial charge is 0.460 e. The standard InChI is InChI=1S/C18H20FN5O3/c1-26-13-8-24(9-13)18-22-6-12(7-23-18)14-4-2-3-11(17(14)19)10-27-16(25)5-15(20)21/h2-4,6-7,13H,5,8-10H2,1H3,(H3,20,21). The number of rotatable bonds is 7. The minimum Gasteiger partial charge on any atom is -0.460 e. The van der Waals surface area contributed by atoms with Crippen molar-refractivity contribution < 1.29 is 18.7 Å². The molecule has 8 nitrogen and oxygen atoms in total. The number of esters is 1. The lowest BCUT2D eigenvalue weighted by atomic mass is 10.1. The zero-order valence-corrected chi connectivity index (χ0v) is 14.8. The van der Waals surface area contributed by atoms with Gasteiger partial charge in [0, 0.05) is 49.3 Å². The van der Waals surface area contributed by atoms with Gasteiger partial charge >= 0.3 is 5.97 Å². The third-order valence-corrected chi connectivity index (χ3v) is 4.22. The number of carbonyl (C=O) groups excluding carboxylic acids is 1. The van der Waals surface area contributed by atoms with Crippen molar-refractivity contribution in [2.24, 2.45) is 5.73 Å². The predicted molar refractivity (Wildman–Crippen MR) is 96.8 cm³/mol. The number of aromatic nitrogens is 2. The second-order valence-corrected chi connectivity index (χ2v) is 6.18. The van der Waals surface area contributed by atoms with Crippen LogP contribution in [0.4, 0.5) is 10.3 Å². The second-order valence-electron chi connectivity index (χ2n) is 6.18. The maximum Gasteiger partial charge on any atom is 0.313 e. The summed E-state index contributed by atoms with van der Waals surface area (Å²) in [7, 11) is 1.67. The van der Waals surface area contributed by atoms with Gasteiger partial charge in [-0.2, -0.15) is 0 Å². The van der Waals surface area contributed by atoms with Gasteiger partial charge in [-0.05, 0) is 0 Å². The lowest BCUT2D eigenvalue weighted by Gasteiger charge is -2.37. The van der Waals surface area contributed by atoms with E-state index in [9.17, 15) is 9.18 Å². The van der Waals surface area contributed by atoms with E-state index in [0.29, 0.717) is 17.1 Å². The van der Waals surface area contributed by atoms with Gasteiger partial charge in [-0.15, -0.1) is 0 Å². The van der Waals surface area contributed by atoms with E-state index in [0.717, 1.165) is 13.1 Å². The normalized spacial score (nSPS) is 13.9. The number of carbonyl (C=O) groups is 1. The molecular weight excluding hydrogens is 353 g/mol. The van der Waals surface area contributed by atoms with Crippen molar-refractivity contribution in [3.63, 3.8) is 0 Å². The molecule has 1 aromatic heterocycles. The van der Waals surface area contributed by atoms with Crippen molar-refractivity contribution in [3.8, 4) is 11.1 Å². The molecule has 0 spiro atoms. The number of nitrogens with one attached hydrogen (secondary N) is 1. The summed E-state index contributed by atoms with van der Waals surface area (Å²) in [5.41, 5.74) is 6.21. The van der Waals surface area contributed by atoms with Crippen LogP contribution in [0, 0.1) is 11.2 Å². The predicted octanol–water partition coefficient (Wildman–Crippen LogP) is 1.49. The third-order valence-electron chi connectivity index (χ3n) is 4.22. The molecule has 0 radical (unpaired) electrons. The molecule has 0 atom stereocenters. The van der Waals surface area contributed by atoms with E-state index < -0.39 is 11.8 Å². The molecule has 0 unspecified atom stereocenters. The molecule has 1 saturated heterocycles. The highest BCUT2D eigenvalue weighted by Crippen LogP contribution is 2.26. The van der Waals surface area contributed by atoms with Crippen molar-refractivity contribution in [3.05, 3.63) is 42.0 Å². The average Bonchev–Trinajstić information content (AvgIpc) is 2.60. The summed E-state index contributed by atoms with van der Waals surface area (Å²) in [6, 6.07) is 4.80.